The molecule has 4 saturated carbocycles. The average molecular weight is 363 g/mol. The number of sulfone groups is 1. The molecule has 4 fully saturated rings. The monoisotopic (exact) mass is 363 g/mol. The second kappa shape index (κ2) is 6.01. The van der Waals surface area contributed by atoms with Crippen LogP contribution in [-0.4, -0.2) is 31.6 Å². The first kappa shape index (κ1) is 16.9. The van der Waals surface area contributed by atoms with Crippen LogP contribution in [0, 0.1) is 17.8 Å². The maximum absolute atomic E-state index is 12.4. The first-order valence-electron chi connectivity index (χ1n) is 9.03. The van der Waals surface area contributed by atoms with Gasteiger partial charge >= 0.3 is 6.09 Å². The Morgan fingerprint density at radius 1 is 1.16 bits per heavy atom. The molecule has 1 N–H and O–H groups in total. The molecular formula is C19H25NO4S. The van der Waals surface area contributed by atoms with Crippen molar-refractivity contribution < 1.29 is 17.9 Å². The molecule has 25 heavy (non-hydrogen) atoms. The Hall–Kier alpha value is -1.56. The highest BCUT2D eigenvalue weighted by atomic mass is 32.2. The van der Waals surface area contributed by atoms with Gasteiger partial charge in [-0.05, 0) is 55.4 Å². The molecule has 5 rings (SSSR count). The van der Waals surface area contributed by atoms with Crippen LogP contribution in [0.4, 0.5) is 4.79 Å². The van der Waals surface area contributed by atoms with Crippen molar-refractivity contribution in [2.24, 2.45) is 17.8 Å². The molecule has 0 saturated heterocycles. The largest absolute Gasteiger partial charge is 0.445 e. The molecule has 0 heterocycles. The van der Waals surface area contributed by atoms with Gasteiger partial charge in [0.15, 0.2) is 9.84 Å². The van der Waals surface area contributed by atoms with Crippen molar-refractivity contribution in [3.8, 4) is 0 Å². The second-order valence-corrected chi connectivity index (χ2v) is 10.6. The lowest BCUT2D eigenvalue weighted by molar-refractivity contribution is -0.00182. The molecule has 0 aliphatic heterocycles. The highest BCUT2D eigenvalue weighted by molar-refractivity contribution is 7.92. The number of nitrogens with one attached hydrogen (secondary N) is 1. The average Bonchev–Trinajstić information content (AvgIpc) is 2.56. The van der Waals surface area contributed by atoms with Crippen LogP contribution in [0.2, 0.25) is 0 Å². The van der Waals surface area contributed by atoms with Gasteiger partial charge in [0.25, 0.3) is 0 Å². The third-order valence-electron chi connectivity index (χ3n) is 6.50. The van der Waals surface area contributed by atoms with Gasteiger partial charge in [-0.25, -0.2) is 13.2 Å². The number of carbonyl (C=O) groups is 1. The van der Waals surface area contributed by atoms with Crippen molar-refractivity contribution in [3.05, 3.63) is 35.9 Å². The van der Waals surface area contributed by atoms with E-state index in [0.29, 0.717) is 18.8 Å². The normalized spacial score (nSPS) is 36.2. The fourth-order valence-electron chi connectivity index (χ4n) is 5.54. The van der Waals surface area contributed by atoms with E-state index in [0.717, 1.165) is 24.8 Å². The predicted octanol–water partition coefficient (Wildman–Crippen LogP) is 2.90. The van der Waals surface area contributed by atoms with Crippen molar-refractivity contribution in [1.82, 2.24) is 5.32 Å². The summed E-state index contributed by atoms with van der Waals surface area (Å²) in [6.07, 6.45) is 5.22. The Kier molecular flexibility index (Phi) is 4.06. The summed E-state index contributed by atoms with van der Waals surface area (Å²) >= 11 is 0. The number of alkyl carbamates (subject to hydrolysis) is 1. The SMILES string of the molecule is CS(=O)(=O)C12CC3CC(C1)C(NC(=O)OCc1ccccc1)C(C3)C2. The van der Waals surface area contributed by atoms with Crippen molar-refractivity contribution in [1.29, 1.82) is 0 Å². The third-order valence-corrected chi connectivity index (χ3v) is 8.57. The van der Waals surface area contributed by atoms with Gasteiger partial charge in [0.2, 0.25) is 0 Å². The number of hydrogen-bond donors (Lipinski definition) is 1. The molecule has 1 aromatic rings. The number of amides is 1. The fraction of sp³-hybridized carbons (Fsp3) is 0.632. The topological polar surface area (TPSA) is 72.5 Å². The van der Waals surface area contributed by atoms with Gasteiger partial charge in [-0.2, -0.15) is 0 Å². The lowest BCUT2D eigenvalue weighted by Crippen LogP contribution is -2.63. The number of carbonyl (C=O) groups excluding carboxylic acids is 1. The molecule has 0 aromatic heterocycles. The van der Waals surface area contributed by atoms with Crippen molar-refractivity contribution >= 4 is 15.9 Å². The summed E-state index contributed by atoms with van der Waals surface area (Å²) in [7, 11) is -3.06. The third kappa shape index (κ3) is 3.05. The minimum Gasteiger partial charge on any atom is -0.445 e. The van der Waals surface area contributed by atoms with E-state index in [1.54, 1.807) is 0 Å². The second-order valence-electron chi connectivity index (χ2n) is 8.16. The first-order valence-corrected chi connectivity index (χ1v) is 10.9. The fourth-order valence-corrected chi connectivity index (χ4v) is 7.11. The number of hydrogen-bond acceptors (Lipinski definition) is 4. The van der Waals surface area contributed by atoms with Gasteiger partial charge in [0.05, 0.1) is 4.75 Å². The van der Waals surface area contributed by atoms with Crippen LogP contribution in [0.3, 0.4) is 0 Å². The Labute approximate surface area is 149 Å². The molecule has 4 aliphatic rings. The quantitative estimate of drug-likeness (QED) is 0.893. The molecule has 6 heteroatoms. The van der Waals surface area contributed by atoms with Crippen molar-refractivity contribution in [2.45, 2.75) is 49.5 Å². The van der Waals surface area contributed by atoms with E-state index in [9.17, 15) is 13.2 Å². The summed E-state index contributed by atoms with van der Waals surface area (Å²) in [5.41, 5.74) is 0.957. The summed E-state index contributed by atoms with van der Waals surface area (Å²) in [4.78, 5) is 12.2. The Morgan fingerprint density at radius 3 is 2.40 bits per heavy atom. The lowest BCUT2D eigenvalue weighted by Gasteiger charge is -2.58. The molecule has 4 aliphatic carbocycles. The molecule has 0 radical (unpaired) electrons. The minimum atomic E-state index is -3.06. The van der Waals surface area contributed by atoms with E-state index in [-0.39, 0.29) is 24.5 Å². The molecule has 4 bridgehead atoms. The van der Waals surface area contributed by atoms with E-state index < -0.39 is 20.7 Å². The van der Waals surface area contributed by atoms with Crippen LogP contribution in [0.25, 0.3) is 0 Å². The Bertz CT molecular complexity index is 745. The first-order chi connectivity index (χ1) is 11.9. The summed E-state index contributed by atoms with van der Waals surface area (Å²) in [6, 6.07) is 9.65. The van der Waals surface area contributed by atoms with Gasteiger partial charge in [-0.15, -0.1) is 0 Å². The van der Waals surface area contributed by atoms with Crippen LogP contribution in [0.15, 0.2) is 30.3 Å². The smallest absolute Gasteiger partial charge is 0.407 e. The van der Waals surface area contributed by atoms with Gasteiger partial charge in [-0.3, -0.25) is 0 Å². The van der Waals surface area contributed by atoms with Crippen LogP contribution in [0.1, 0.15) is 37.7 Å². The predicted molar refractivity (Wildman–Crippen MR) is 94.7 cm³/mol. The number of benzene rings is 1. The maximum Gasteiger partial charge on any atom is 0.407 e. The molecule has 0 spiro atoms. The summed E-state index contributed by atoms with van der Waals surface area (Å²) in [5.74, 6) is 1.00. The standard InChI is InChI=1S/C19H25NO4S/c1-25(22,23)19-9-14-7-15(10-19)17(16(8-14)11-19)20-18(21)24-12-13-5-3-2-4-6-13/h2-6,14-17H,7-12H2,1H3,(H,20,21). The van der Waals surface area contributed by atoms with Crippen LogP contribution < -0.4 is 5.32 Å². The number of ether oxygens (including phenoxy) is 1. The molecular weight excluding hydrogens is 338 g/mol. The summed E-state index contributed by atoms with van der Waals surface area (Å²) in [5, 5.41) is 3.04. The lowest BCUT2D eigenvalue weighted by atomic mass is 9.53. The van der Waals surface area contributed by atoms with Crippen LogP contribution >= 0.6 is 0 Å². The van der Waals surface area contributed by atoms with Gasteiger partial charge < -0.3 is 10.1 Å². The molecule has 2 atom stereocenters. The zero-order valence-corrected chi connectivity index (χ0v) is 15.3. The molecule has 2 unspecified atom stereocenters. The molecule has 136 valence electrons. The van der Waals surface area contributed by atoms with E-state index >= 15 is 0 Å². The Balaban J connectivity index is 1.41. The van der Waals surface area contributed by atoms with E-state index in [1.165, 1.54) is 6.26 Å². The maximum atomic E-state index is 12.4. The summed E-state index contributed by atoms with van der Waals surface area (Å²) in [6.45, 7) is 0.255. The zero-order chi connectivity index (χ0) is 17.7. The molecule has 1 amide bonds. The number of rotatable bonds is 4. The van der Waals surface area contributed by atoms with E-state index in [4.69, 9.17) is 4.74 Å². The van der Waals surface area contributed by atoms with Crippen LogP contribution in [0.5, 0.6) is 0 Å². The zero-order valence-electron chi connectivity index (χ0n) is 14.5. The van der Waals surface area contributed by atoms with Gasteiger partial charge in [0, 0.05) is 12.3 Å². The van der Waals surface area contributed by atoms with E-state index in [2.05, 4.69) is 5.32 Å². The summed E-state index contributed by atoms with van der Waals surface area (Å²) < 4.78 is 29.5. The van der Waals surface area contributed by atoms with Crippen molar-refractivity contribution in [3.63, 3.8) is 0 Å². The van der Waals surface area contributed by atoms with Gasteiger partial charge in [0.1, 0.15) is 6.61 Å². The van der Waals surface area contributed by atoms with Gasteiger partial charge in [-0.1, -0.05) is 30.3 Å². The van der Waals surface area contributed by atoms with E-state index in [1.807, 2.05) is 30.3 Å². The highest BCUT2D eigenvalue weighted by Gasteiger charge is 2.59. The Morgan fingerprint density at radius 2 is 1.80 bits per heavy atom. The van der Waals surface area contributed by atoms with Crippen molar-refractivity contribution in [2.75, 3.05) is 6.26 Å². The molecule has 5 nitrogen and oxygen atoms in total. The molecule has 1 aromatic carbocycles. The highest BCUT2D eigenvalue weighted by Crippen LogP contribution is 2.58. The van der Waals surface area contributed by atoms with Crippen LogP contribution in [-0.2, 0) is 21.2 Å². The minimum absolute atomic E-state index is 0.0506.